The number of benzene rings is 1. The van der Waals surface area contributed by atoms with E-state index in [0.717, 1.165) is 34.6 Å². The van der Waals surface area contributed by atoms with Crippen LogP contribution in [0.15, 0.2) is 60.9 Å². The van der Waals surface area contributed by atoms with Gasteiger partial charge in [-0.25, -0.2) is 0 Å². The third kappa shape index (κ3) is 4.09. The minimum atomic E-state index is 0.121. The molecule has 0 saturated heterocycles. The Kier molecular flexibility index (Phi) is 5.47. The van der Waals surface area contributed by atoms with Crippen LogP contribution in [-0.2, 0) is 17.6 Å². The monoisotopic (exact) mass is 385 g/mol. The van der Waals surface area contributed by atoms with Gasteiger partial charge >= 0.3 is 0 Å². The quantitative estimate of drug-likeness (QED) is 0.595. The van der Waals surface area contributed by atoms with Gasteiger partial charge in [-0.1, -0.05) is 37.3 Å². The first-order valence-corrected chi connectivity index (χ1v) is 9.98. The van der Waals surface area contributed by atoms with Crippen LogP contribution in [0, 0.1) is 0 Å². The molecule has 0 N–H and O–H groups in total. The van der Waals surface area contributed by atoms with Crippen LogP contribution in [-0.4, -0.2) is 28.2 Å². The molecule has 0 fully saturated rings. The molecule has 0 aliphatic carbocycles. The van der Waals surface area contributed by atoms with Gasteiger partial charge in [-0.3, -0.25) is 19.6 Å². The molecule has 0 unspecified atom stereocenters. The summed E-state index contributed by atoms with van der Waals surface area (Å²) in [5, 5.41) is 0. The Morgan fingerprint density at radius 3 is 2.62 bits per heavy atom. The van der Waals surface area contributed by atoms with Crippen LogP contribution in [0.3, 0.4) is 0 Å². The smallest absolute Gasteiger partial charge is 0.226 e. The Bertz CT molecular complexity index is 1030. The number of aryl methyl sites for hydroxylation is 1. The summed E-state index contributed by atoms with van der Waals surface area (Å²) in [5.41, 5.74) is 5.48. The number of carbonyl (C=O) groups excluding carboxylic acids is 2. The summed E-state index contributed by atoms with van der Waals surface area (Å²) in [7, 11) is 0. The van der Waals surface area contributed by atoms with E-state index in [1.807, 2.05) is 60.4 Å². The molecule has 3 aromatic rings. The second-order valence-electron chi connectivity index (χ2n) is 7.17. The topological polar surface area (TPSA) is 63.2 Å². The molecule has 0 atom stereocenters. The lowest BCUT2D eigenvalue weighted by atomic mass is 10.0. The fourth-order valence-corrected chi connectivity index (χ4v) is 3.65. The lowest BCUT2D eigenvalue weighted by Gasteiger charge is -2.16. The van der Waals surface area contributed by atoms with Gasteiger partial charge in [-0.15, -0.1) is 0 Å². The molecule has 2 aromatic heterocycles. The molecule has 5 heteroatoms. The normalized spacial score (nSPS) is 12.7. The van der Waals surface area contributed by atoms with Crippen LogP contribution >= 0.6 is 0 Å². The number of fused-ring (bicyclic) bond motifs is 1. The molecule has 0 saturated carbocycles. The van der Waals surface area contributed by atoms with Gasteiger partial charge in [0.2, 0.25) is 5.91 Å². The molecule has 5 nitrogen and oxygen atoms in total. The predicted octanol–water partition coefficient (Wildman–Crippen LogP) is 4.26. The summed E-state index contributed by atoms with van der Waals surface area (Å²) >= 11 is 0. The number of carbonyl (C=O) groups is 2. The van der Waals surface area contributed by atoms with Crippen LogP contribution in [0.25, 0.3) is 11.3 Å². The predicted molar refractivity (Wildman–Crippen MR) is 113 cm³/mol. The Morgan fingerprint density at radius 2 is 1.90 bits per heavy atom. The number of amides is 1. The second-order valence-corrected chi connectivity index (χ2v) is 7.17. The van der Waals surface area contributed by atoms with Crippen molar-refractivity contribution < 1.29 is 9.59 Å². The zero-order valence-electron chi connectivity index (χ0n) is 16.5. The van der Waals surface area contributed by atoms with E-state index in [-0.39, 0.29) is 11.7 Å². The molecule has 1 aliphatic rings. The first-order valence-electron chi connectivity index (χ1n) is 9.98. The van der Waals surface area contributed by atoms with Crippen LogP contribution in [0.4, 0.5) is 5.69 Å². The molecule has 0 radical (unpaired) electrons. The fraction of sp³-hybridized carbons (Fsp3) is 0.250. The summed E-state index contributed by atoms with van der Waals surface area (Å²) in [6.07, 6.45) is 5.95. The van der Waals surface area contributed by atoms with Gasteiger partial charge in [0.25, 0.3) is 0 Å². The van der Waals surface area contributed by atoms with Crippen LogP contribution in [0.5, 0.6) is 0 Å². The van der Waals surface area contributed by atoms with E-state index in [2.05, 4.69) is 4.98 Å². The Hall–Kier alpha value is -3.34. The highest BCUT2D eigenvalue weighted by Gasteiger charge is 2.24. The highest BCUT2D eigenvalue weighted by Crippen LogP contribution is 2.30. The fourth-order valence-electron chi connectivity index (χ4n) is 3.65. The van der Waals surface area contributed by atoms with Crippen LogP contribution < -0.4 is 4.90 Å². The molecule has 1 amide bonds. The third-order valence-corrected chi connectivity index (χ3v) is 5.28. The maximum atomic E-state index is 12.5. The molecular weight excluding hydrogens is 362 g/mol. The van der Waals surface area contributed by atoms with E-state index in [1.54, 1.807) is 12.4 Å². The van der Waals surface area contributed by atoms with Crippen LogP contribution in [0.1, 0.15) is 41.4 Å². The highest BCUT2D eigenvalue weighted by molar-refractivity contribution is 5.97. The van der Waals surface area contributed by atoms with Gasteiger partial charge < -0.3 is 4.90 Å². The summed E-state index contributed by atoms with van der Waals surface area (Å²) in [6.45, 7) is 2.57. The lowest BCUT2D eigenvalue weighted by Crippen LogP contribution is -2.27. The van der Waals surface area contributed by atoms with Crippen molar-refractivity contribution in [2.45, 2.75) is 32.6 Å². The van der Waals surface area contributed by atoms with E-state index in [4.69, 9.17) is 4.98 Å². The second kappa shape index (κ2) is 8.35. The zero-order valence-corrected chi connectivity index (χ0v) is 16.5. The van der Waals surface area contributed by atoms with Crippen molar-refractivity contribution in [3.63, 3.8) is 0 Å². The van der Waals surface area contributed by atoms with Crippen molar-refractivity contribution in [2.24, 2.45) is 0 Å². The highest BCUT2D eigenvalue weighted by atomic mass is 16.2. The molecule has 146 valence electrons. The lowest BCUT2D eigenvalue weighted by molar-refractivity contribution is -0.118. The molecule has 29 heavy (non-hydrogen) atoms. The van der Waals surface area contributed by atoms with Gasteiger partial charge in [0.1, 0.15) is 0 Å². The summed E-state index contributed by atoms with van der Waals surface area (Å²) in [5.74, 6) is 0.253. The zero-order chi connectivity index (χ0) is 20.2. The maximum absolute atomic E-state index is 12.5. The van der Waals surface area contributed by atoms with Gasteiger partial charge in [0.05, 0.1) is 17.1 Å². The molecular formula is C24H23N3O2. The van der Waals surface area contributed by atoms with E-state index >= 15 is 0 Å². The number of rotatable bonds is 6. The summed E-state index contributed by atoms with van der Waals surface area (Å²) in [6, 6.07) is 15.4. The summed E-state index contributed by atoms with van der Waals surface area (Å²) < 4.78 is 0. The summed E-state index contributed by atoms with van der Waals surface area (Å²) in [4.78, 5) is 35.2. The van der Waals surface area contributed by atoms with Crippen LogP contribution in [0.2, 0.25) is 0 Å². The number of Topliss-reactive ketones (excluding diaryl/α,β-unsaturated/α-hetero) is 1. The Morgan fingerprint density at radius 1 is 1.07 bits per heavy atom. The maximum Gasteiger partial charge on any atom is 0.226 e. The SMILES string of the molecule is CCC(=O)N1CCc2nc(-c3ccc(C(=O)CCc4cccnc4)cc3)ccc21. The van der Waals surface area contributed by atoms with E-state index in [1.165, 1.54) is 0 Å². The third-order valence-electron chi connectivity index (χ3n) is 5.28. The number of hydrogen-bond donors (Lipinski definition) is 0. The minimum Gasteiger partial charge on any atom is -0.310 e. The molecule has 1 aliphatic heterocycles. The molecule has 0 spiro atoms. The van der Waals surface area contributed by atoms with Crippen molar-refractivity contribution in [3.8, 4) is 11.3 Å². The number of hydrogen-bond acceptors (Lipinski definition) is 4. The van der Waals surface area contributed by atoms with Crippen molar-refractivity contribution in [1.82, 2.24) is 9.97 Å². The largest absolute Gasteiger partial charge is 0.310 e. The van der Waals surface area contributed by atoms with Gasteiger partial charge in [0, 0.05) is 49.3 Å². The number of aromatic nitrogens is 2. The van der Waals surface area contributed by atoms with E-state index < -0.39 is 0 Å². The Labute approximate surface area is 170 Å². The van der Waals surface area contributed by atoms with Crippen molar-refractivity contribution in [3.05, 3.63) is 77.7 Å². The number of nitrogens with zero attached hydrogens (tertiary/aromatic N) is 3. The van der Waals surface area contributed by atoms with Crippen molar-refractivity contribution in [1.29, 1.82) is 0 Å². The first kappa shape index (κ1) is 19.0. The minimum absolute atomic E-state index is 0.121. The van der Waals surface area contributed by atoms with Crippen molar-refractivity contribution in [2.75, 3.05) is 11.4 Å². The average molecular weight is 385 g/mol. The molecule has 3 heterocycles. The van der Waals surface area contributed by atoms with Gasteiger partial charge in [-0.05, 0) is 30.2 Å². The van der Waals surface area contributed by atoms with Gasteiger partial charge in [0.15, 0.2) is 5.78 Å². The number of ketones is 1. The van der Waals surface area contributed by atoms with E-state index in [9.17, 15) is 9.59 Å². The van der Waals surface area contributed by atoms with Gasteiger partial charge in [-0.2, -0.15) is 0 Å². The first-order chi connectivity index (χ1) is 14.2. The Balaban J connectivity index is 1.45. The number of anilines is 1. The standard InChI is InChI=1S/C24H23N3O2/c1-2-24(29)27-15-13-21-22(27)11-10-20(26-21)18-6-8-19(9-7-18)23(28)12-5-17-4-3-14-25-16-17/h3-4,6-11,14,16H,2,5,12-13,15H2,1H3. The van der Waals surface area contributed by atoms with E-state index in [0.29, 0.717) is 31.4 Å². The average Bonchev–Trinajstić information content (AvgIpc) is 3.21. The van der Waals surface area contributed by atoms with Crippen molar-refractivity contribution >= 4 is 17.4 Å². The molecule has 4 rings (SSSR count). The molecule has 1 aromatic carbocycles. The molecule has 0 bridgehead atoms. The number of pyridine rings is 2.